The molecule has 1 heterocycles. The number of amidine groups is 1. The first kappa shape index (κ1) is 10.8. The van der Waals surface area contributed by atoms with Crippen LogP contribution in [0.25, 0.3) is 0 Å². The van der Waals surface area contributed by atoms with E-state index in [1.807, 2.05) is 19.1 Å². The molecule has 1 aromatic rings. The van der Waals surface area contributed by atoms with Crippen molar-refractivity contribution in [2.45, 2.75) is 23.5 Å². The molecule has 0 spiro atoms. The van der Waals surface area contributed by atoms with Crippen LogP contribution in [0, 0.1) is 0 Å². The maximum absolute atomic E-state index is 8.39. The van der Waals surface area contributed by atoms with Gasteiger partial charge in [0.25, 0.3) is 0 Å². The number of hydrogen-bond acceptors (Lipinski definition) is 4. The Bertz CT molecular complexity index is 302. The van der Waals surface area contributed by atoms with Gasteiger partial charge < -0.3 is 10.9 Å². The Morgan fingerprint density at radius 2 is 2.29 bits per heavy atom. The fraction of sp³-hybridized carbons (Fsp3) is 0.333. The molecular weight excluding hydrogens is 198 g/mol. The van der Waals surface area contributed by atoms with Crippen molar-refractivity contribution in [1.29, 1.82) is 0 Å². The van der Waals surface area contributed by atoms with Gasteiger partial charge in [-0.2, -0.15) is 0 Å². The molecule has 0 bridgehead atoms. The number of hydrogen-bond donors (Lipinski definition) is 2. The van der Waals surface area contributed by atoms with E-state index in [4.69, 9.17) is 10.9 Å². The monoisotopic (exact) mass is 211 g/mol. The van der Waals surface area contributed by atoms with E-state index in [1.54, 1.807) is 24.2 Å². The highest BCUT2D eigenvalue weighted by atomic mass is 32.2. The Balaban J connectivity index is 2.45. The highest BCUT2D eigenvalue weighted by Crippen LogP contribution is 2.23. The summed E-state index contributed by atoms with van der Waals surface area (Å²) in [6, 6.07) is 3.88. The summed E-state index contributed by atoms with van der Waals surface area (Å²) in [6.07, 6.45) is 4.07. The van der Waals surface area contributed by atoms with Gasteiger partial charge >= 0.3 is 0 Å². The third-order valence-corrected chi connectivity index (χ3v) is 2.73. The van der Waals surface area contributed by atoms with Gasteiger partial charge in [-0.1, -0.05) is 12.1 Å². The number of nitrogens with two attached hydrogens (primary N) is 1. The molecule has 1 rings (SSSR count). The van der Waals surface area contributed by atoms with Gasteiger partial charge in [0, 0.05) is 29.0 Å². The van der Waals surface area contributed by atoms with Crippen LogP contribution < -0.4 is 5.73 Å². The minimum absolute atomic E-state index is 0.263. The van der Waals surface area contributed by atoms with Gasteiger partial charge in [-0.05, 0) is 12.1 Å². The molecule has 0 radical (unpaired) electrons. The Kier molecular flexibility index (Phi) is 4.25. The summed E-state index contributed by atoms with van der Waals surface area (Å²) in [7, 11) is 0. The molecule has 14 heavy (non-hydrogen) atoms. The third-order valence-electron chi connectivity index (χ3n) is 1.61. The molecule has 0 aliphatic heterocycles. The summed E-state index contributed by atoms with van der Waals surface area (Å²) >= 11 is 1.68. The minimum Gasteiger partial charge on any atom is -0.409 e. The predicted octanol–water partition coefficient (Wildman–Crippen LogP) is 1.70. The van der Waals surface area contributed by atoms with Crippen LogP contribution in [0.15, 0.2) is 34.6 Å². The van der Waals surface area contributed by atoms with E-state index in [1.165, 1.54) is 0 Å². The van der Waals surface area contributed by atoms with Crippen molar-refractivity contribution >= 4 is 17.6 Å². The Hall–Kier alpha value is -1.23. The molecule has 0 aliphatic carbocycles. The van der Waals surface area contributed by atoms with Crippen molar-refractivity contribution in [1.82, 2.24) is 4.98 Å². The molecule has 76 valence electrons. The second kappa shape index (κ2) is 5.49. The van der Waals surface area contributed by atoms with Crippen molar-refractivity contribution in [3.63, 3.8) is 0 Å². The second-order valence-electron chi connectivity index (χ2n) is 2.91. The van der Waals surface area contributed by atoms with Crippen molar-refractivity contribution in [3.8, 4) is 0 Å². The first-order valence-electron chi connectivity index (χ1n) is 4.25. The van der Waals surface area contributed by atoms with E-state index in [2.05, 4.69) is 10.1 Å². The van der Waals surface area contributed by atoms with E-state index in [9.17, 15) is 0 Å². The molecule has 1 unspecified atom stereocenters. The molecule has 0 fully saturated rings. The highest BCUT2D eigenvalue weighted by molar-refractivity contribution is 8.00. The maximum Gasteiger partial charge on any atom is 0.140 e. The molecule has 0 aromatic carbocycles. The third kappa shape index (κ3) is 3.66. The normalized spacial score (nSPS) is 13.9. The SMILES string of the molecule is CC(CC(N)=NO)Sc1ccncc1. The lowest BCUT2D eigenvalue weighted by atomic mass is 10.3. The van der Waals surface area contributed by atoms with Gasteiger partial charge in [0.2, 0.25) is 0 Å². The van der Waals surface area contributed by atoms with Gasteiger partial charge in [0.1, 0.15) is 5.84 Å². The molecule has 0 saturated carbocycles. The molecular formula is C9H13N3OS. The number of thioether (sulfide) groups is 1. The Morgan fingerprint density at radius 3 is 2.86 bits per heavy atom. The fourth-order valence-corrected chi connectivity index (χ4v) is 2.02. The highest BCUT2D eigenvalue weighted by Gasteiger charge is 2.06. The summed E-state index contributed by atoms with van der Waals surface area (Å²) in [5.41, 5.74) is 5.40. The topological polar surface area (TPSA) is 71.5 Å². The van der Waals surface area contributed by atoms with E-state index < -0.39 is 0 Å². The summed E-state index contributed by atoms with van der Waals surface area (Å²) in [5.74, 6) is 0.263. The molecule has 3 N–H and O–H groups in total. The molecule has 1 atom stereocenters. The average Bonchev–Trinajstić information content (AvgIpc) is 2.19. The molecule has 0 aliphatic rings. The molecule has 0 saturated heterocycles. The Labute approximate surface area is 87.2 Å². The van der Waals surface area contributed by atoms with E-state index >= 15 is 0 Å². The molecule has 1 aromatic heterocycles. The summed E-state index contributed by atoms with van der Waals surface area (Å²) in [5, 5.41) is 11.6. The van der Waals surface area contributed by atoms with Crippen LogP contribution in [-0.4, -0.2) is 21.3 Å². The van der Waals surface area contributed by atoms with Gasteiger partial charge in [-0.25, -0.2) is 0 Å². The smallest absolute Gasteiger partial charge is 0.140 e. The molecule has 4 nitrogen and oxygen atoms in total. The summed E-state index contributed by atoms with van der Waals surface area (Å²) in [4.78, 5) is 5.07. The van der Waals surface area contributed by atoms with Crippen molar-refractivity contribution in [3.05, 3.63) is 24.5 Å². The summed E-state index contributed by atoms with van der Waals surface area (Å²) in [6.45, 7) is 2.03. The number of nitrogens with zero attached hydrogens (tertiary/aromatic N) is 2. The zero-order valence-electron chi connectivity index (χ0n) is 7.92. The van der Waals surface area contributed by atoms with Crippen LogP contribution in [0.3, 0.4) is 0 Å². The second-order valence-corrected chi connectivity index (χ2v) is 4.42. The summed E-state index contributed by atoms with van der Waals surface area (Å²) < 4.78 is 0. The van der Waals surface area contributed by atoms with Gasteiger partial charge in [0.15, 0.2) is 0 Å². The van der Waals surface area contributed by atoms with E-state index in [-0.39, 0.29) is 11.1 Å². The first-order valence-corrected chi connectivity index (χ1v) is 5.13. The molecule has 0 amide bonds. The fourth-order valence-electron chi connectivity index (χ4n) is 1.03. The zero-order chi connectivity index (χ0) is 10.4. The van der Waals surface area contributed by atoms with Crippen LogP contribution in [-0.2, 0) is 0 Å². The van der Waals surface area contributed by atoms with Crippen LogP contribution in [0.4, 0.5) is 0 Å². The average molecular weight is 211 g/mol. The van der Waals surface area contributed by atoms with Gasteiger partial charge in [-0.3, -0.25) is 4.98 Å². The number of pyridine rings is 1. The molecule has 5 heteroatoms. The van der Waals surface area contributed by atoms with Crippen LogP contribution in [0.2, 0.25) is 0 Å². The Morgan fingerprint density at radius 1 is 1.64 bits per heavy atom. The van der Waals surface area contributed by atoms with Gasteiger partial charge in [0.05, 0.1) is 0 Å². The van der Waals surface area contributed by atoms with Crippen molar-refractivity contribution < 1.29 is 5.21 Å². The largest absolute Gasteiger partial charge is 0.409 e. The first-order chi connectivity index (χ1) is 6.72. The number of oxime groups is 1. The lowest BCUT2D eigenvalue weighted by Crippen LogP contribution is -2.16. The quantitative estimate of drug-likeness (QED) is 0.261. The van der Waals surface area contributed by atoms with Crippen molar-refractivity contribution in [2.75, 3.05) is 0 Å². The van der Waals surface area contributed by atoms with E-state index in [0.717, 1.165) is 4.90 Å². The number of rotatable bonds is 4. The minimum atomic E-state index is 0.263. The van der Waals surface area contributed by atoms with Crippen LogP contribution in [0.1, 0.15) is 13.3 Å². The lowest BCUT2D eigenvalue weighted by molar-refractivity contribution is 0.317. The predicted molar refractivity (Wildman–Crippen MR) is 57.6 cm³/mol. The number of aromatic nitrogens is 1. The maximum atomic E-state index is 8.39. The van der Waals surface area contributed by atoms with Crippen molar-refractivity contribution in [2.24, 2.45) is 10.9 Å². The zero-order valence-corrected chi connectivity index (χ0v) is 8.74. The van der Waals surface area contributed by atoms with Gasteiger partial charge in [-0.15, -0.1) is 11.8 Å². The lowest BCUT2D eigenvalue weighted by Gasteiger charge is -2.09. The van der Waals surface area contributed by atoms with E-state index in [0.29, 0.717) is 6.42 Å². The van der Waals surface area contributed by atoms with Crippen LogP contribution in [0.5, 0.6) is 0 Å². The van der Waals surface area contributed by atoms with Crippen LogP contribution >= 0.6 is 11.8 Å². The standard InChI is InChI=1S/C9H13N3OS/c1-7(6-9(10)12-13)14-8-2-4-11-5-3-8/h2-5,7,13H,6H2,1H3,(H2,10,12).